The molecule has 0 amide bonds. The first kappa shape index (κ1) is 20.2. The van der Waals surface area contributed by atoms with E-state index in [9.17, 15) is 0 Å². The van der Waals surface area contributed by atoms with Crippen LogP contribution in [0.15, 0.2) is 48.1 Å². The van der Waals surface area contributed by atoms with Crippen molar-refractivity contribution in [3.63, 3.8) is 0 Å². The van der Waals surface area contributed by atoms with Crippen LogP contribution in [0.2, 0.25) is 0 Å². The van der Waals surface area contributed by atoms with Gasteiger partial charge in [0.25, 0.3) is 0 Å². The Kier molecular flexibility index (Phi) is 4.51. The van der Waals surface area contributed by atoms with Gasteiger partial charge in [0.05, 0.1) is 18.2 Å². The van der Waals surface area contributed by atoms with Crippen LogP contribution in [0.1, 0.15) is 71.1 Å². The molecule has 3 aliphatic rings. The highest BCUT2D eigenvalue weighted by molar-refractivity contribution is 5.91. The van der Waals surface area contributed by atoms with Crippen molar-refractivity contribution in [1.82, 2.24) is 0 Å². The van der Waals surface area contributed by atoms with Crippen molar-refractivity contribution in [2.24, 2.45) is 5.41 Å². The minimum Gasteiger partial charge on any atom is -0.496 e. The maximum absolute atomic E-state index is 6.80. The van der Waals surface area contributed by atoms with E-state index in [4.69, 9.17) is 9.47 Å². The summed E-state index contributed by atoms with van der Waals surface area (Å²) in [7, 11) is 1.74. The Morgan fingerprint density at radius 3 is 2.61 bits per heavy atom. The van der Waals surface area contributed by atoms with E-state index in [0.717, 1.165) is 29.9 Å². The monoisotopic (exact) mass is 415 g/mol. The normalized spacial score (nSPS) is 22.6. The second-order valence-electron chi connectivity index (χ2n) is 10.6. The molecular weight excluding hydrogens is 382 g/mol. The van der Waals surface area contributed by atoms with Crippen LogP contribution < -0.4 is 14.8 Å². The summed E-state index contributed by atoms with van der Waals surface area (Å²) in [5, 5.41) is 3.73. The van der Waals surface area contributed by atoms with Gasteiger partial charge >= 0.3 is 0 Å². The maximum atomic E-state index is 6.80. The number of allylic oxidation sites excluding steroid dienone is 2. The number of hydrogen-bond donors (Lipinski definition) is 1. The van der Waals surface area contributed by atoms with E-state index in [2.05, 4.69) is 70.3 Å². The standard InChI is InChI=1S/C28H33NO2/c1-17-15-28(4,5)29-20-13-12-19-24-21(30-6)10-7-11-22(24)31-26(25(19)23(17)20)18-9-8-14-27(2,3)16-18/h7,9-13,15,26,29H,8,14,16H2,1-6H3. The Labute approximate surface area is 186 Å². The molecule has 0 radical (unpaired) electrons. The summed E-state index contributed by atoms with van der Waals surface area (Å²) in [4.78, 5) is 0. The van der Waals surface area contributed by atoms with Gasteiger partial charge in [0, 0.05) is 16.8 Å². The van der Waals surface area contributed by atoms with Crippen molar-refractivity contribution in [1.29, 1.82) is 0 Å². The van der Waals surface area contributed by atoms with Crippen molar-refractivity contribution in [3.8, 4) is 22.6 Å². The predicted molar refractivity (Wildman–Crippen MR) is 129 cm³/mol. The summed E-state index contributed by atoms with van der Waals surface area (Å²) in [5.41, 5.74) is 8.95. The lowest BCUT2D eigenvalue weighted by Crippen LogP contribution is -2.33. The number of hydrogen-bond acceptors (Lipinski definition) is 3. The second kappa shape index (κ2) is 6.91. The zero-order valence-corrected chi connectivity index (χ0v) is 19.6. The molecule has 1 aliphatic carbocycles. The predicted octanol–water partition coefficient (Wildman–Crippen LogP) is 7.54. The third-order valence-electron chi connectivity index (χ3n) is 6.91. The van der Waals surface area contributed by atoms with Crippen LogP contribution in [0.3, 0.4) is 0 Å². The molecule has 3 nitrogen and oxygen atoms in total. The first-order valence-corrected chi connectivity index (χ1v) is 11.4. The Bertz CT molecular complexity index is 1120. The largest absolute Gasteiger partial charge is 0.496 e. The van der Waals surface area contributed by atoms with E-state index in [1.54, 1.807) is 7.11 Å². The zero-order chi connectivity index (χ0) is 22.0. The fourth-order valence-corrected chi connectivity index (χ4v) is 5.69. The van der Waals surface area contributed by atoms with E-state index in [1.807, 2.05) is 12.1 Å². The van der Waals surface area contributed by atoms with E-state index < -0.39 is 0 Å². The number of ether oxygens (including phenoxy) is 2. The van der Waals surface area contributed by atoms with Crippen molar-refractivity contribution < 1.29 is 9.47 Å². The molecule has 162 valence electrons. The Morgan fingerprint density at radius 2 is 1.87 bits per heavy atom. The number of rotatable bonds is 2. The topological polar surface area (TPSA) is 30.5 Å². The first-order valence-electron chi connectivity index (χ1n) is 11.4. The van der Waals surface area contributed by atoms with Gasteiger partial charge in [-0.25, -0.2) is 0 Å². The third kappa shape index (κ3) is 3.35. The van der Waals surface area contributed by atoms with Crippen LogP contribution in [0, 0.1) is 5.41 Å². The number of fused-ring (bicyclic) bond motifs is 5. The van der Waals surface area contributed by atoms with E-state index in [1.165, 1.54) is 39.9 Å². The van der Waals surface area contributed by atoms with Gasteiger partial charge in [-0.2, -0.15) is 0 Å². The van der Waals surface area contributed by atoms with E-state index in [-0.39, 0.29) is 11.6 Å². The average molecular weight is 416 g/mol. The Balaban J connectivity index is 1.78. The number of nitrogens with one attached hydrogen (secondary N) is 1. The van der Waals surface area contributed by atoms with Crippen molar-refractivity contribution in [3.05, 3.63) is 59.2 Å². The summed E-state index contributed by atoms with van der Waals surface area (Å²) < 4.78 is 12.6. The molecule has 0 saturated carbocycles. The highest BCUT2D eigenvalue weighted by atomic mass is 16.5. The summed E-state index contributed by atoms with van der Waals surface area (Å²) in [6.45, 7) is 11.4. The van der Waals surface area contributed by atoms with Gasteiger partial charge in [0.1, 0.15) is 17.6 Å². The first-order chi connectivity index (χ1) is 14.7. The second-order valence-corrected chi connectivity index (χ2v) is 10.6. The SMILES string of the molecule is COc1cccc2c1-c1ccc3c(c1C(C1=CCCC(C)(C)C1)O2)C(C)=CC(C)(C)N3. The molecule has 2 heterocycles. The number of anilines is 1. The van der Waals surface area contributed by atoms with Gasteiger partial charge in [-0.15, -0.1) is 0 Å². The molecule has 3 heteroatoms. The van der Waals surface area contributed by atoms with Gasteiger partial charge in [-0.3, -0.25) is 0 Å². The number of benzene rings is 2. The lowest BCUT2D eigenvalue weighted by molar-refractivity contribution is 0.207. The zero-order valence-electron chi connectivity index (χ0n) is 19.6. The molecule has 0 fully saturated rings. The molecule has 0 aromatic heterocycles. The lowest BCUT2D eigenvalue weighted by atomic mass is 9.73. The van der Waals surface area contributed by atoms with Crippen molar-refractivity contribution in [2.45, 2.75) is 65.5 Å². The third-order valence-corrected chi connectivity index (χ3v) is 6.91. The molecule has 2 aliphatic heterocycles. The fourth-order valence-electron chi connectivity index (χ4n) is 5.69. The molecule has 2 aromatic rings. The molecular formula is C28H33NO2. The molecule has 5 rings (SSSR count). The van der Waals surface area contributed by atoms with Gasteiger partial charge in [0.2, 0.25) is 0 Å². The fraction of sp³-hybridized carbons (Fsp3) is 0.429. The van der Waals surface area contributed by atoms with Crippen LogP contribution in [0.5, 0.6) is 11.5 Å². The molecule has 1 unspecified atom stereocenters. The van der Waals surface area contributed by atoms with Crippen LogP contribution >= 0.6 is 0 Å². The summed E-state index contributed by atoms with van der Waals surface area (Å²) in [6.07, 6.45) is 8.07. The Morgan fingerprint density at radius 1 is 1.06 bits per heavy atom. The number of methoxy groups -OCH3 is 1. The molecule has 0 saturated heterocycles. The Hall–Kier alpha value is -2.68. The van der Waals surface area contributed by atoms with Crippen LogP contribution in [-0.4, -0.2) is 12.6 Å². The minimum atomic E-state index is -0.0736. The molecule has 2 aromatic carbocycles. The van der Waals surface area contributed by atoms with Crippen molar-refractivity contribution in [2.75, 3.05) is 12.4 Å². The highest BCUT2D eigenvalue weighted by Crippen LogP contribution is 2.55. The molecule has 31 heavy (non-hydrogen) atoms. The van der Waals surface area contributed by atoms with Crippen LogP contribution in [-0.2, 0) is 0 Å². The summed E-state index contributed by atoms with van der Waals surface area (Å²) in [5.74, 6) is 1.77. The highest BCUT2D eigenvalue weighted by Gasteiger charge is 2.38. The van der Waals surface area contributed by atoms with E-state index >= 15 is 0 Å². The molecule has 1 N–H and O–H groups in total. The van der Waals surface area contributed by atoms with Gasteiger partial charge in [-0.05, 0) is 80.4 Å². The molecule has 0 bridgehead atoms. The maximum Gasteiger partial charge on any atom is 0.146 e. The minimum absolute atomic E-state index is 0.0714. The van der Waals surface area contributed by atoms with Gasteiger partial charge < -0.3 is 14.8 Å². The smallest absolute Gasteiger partial charge is 0.146 e. The molecule has 0 spiro atoms. The van der Waals surface area contributed by atoms with Crippen molar-refractivity contribution >= 4 is 11.3 Å². The van der Waals surface area contributed by atoms with Crippen LogP contribution in [0.4, 0.5) is 5.69 Å². The van der Waals surface area contributed by atoms with E-state index in [0.29, 0.717) is 5.41 Å². The van der Waals surface area contributed by atoms with Gasteiger partial charge in [0.15, 0.2) is 0 Å². The lowest BCUT2D eigenvalue weighted by Gasteiger charge is -2.40. The van der Waals surface area contributed by atoms with Crippen LogP contribution in [0.25, 0.3) is 16.7 Å². The summed E-state index contributed by atoms with van der Waals surface area (Å²) >= 11 is 0. The van der Waals surface area contributed by atoms with Gasteiger partial charge in [-0.1, -0.05) is 38.1 Å². The summed E-state index contributed by atoms with van der Waals surface area (Å²) in [6, 6.07) is 10.6. The quantitative estimate of drug-likeness (QED) is 0.514. The molecule has 1 atom stereocenters. The average Bonchev–Trinajstić information content (AvgIpc) is 2.70.